The van der Waals surface area contributed by atoms with Crippen molar-refractivity contribution in [3.8, 4) is 5.69 Å². The highest BCUT2D eigenvalue weighted by Crippen LogP contribution is 2.17. The number of benzene rings is 2. The number of carbonyl (C=O) groups excluding carboxylic acids is 2. The molecule has 1 N–H and O–H groups in total. The van der Waals surface area contributed by atoms with Crippen LogP contribution in [-0.4, -0.2) is 20.8 Å². The highest BCUT2D eigenvalue weighted by molar-refractivity contribution is 7.17. The summed E-state index contributed by atoms with van der Waals surface area (Å²) < 4.78 is 2.75. The van der Waals surface area contributed by atoms with E-state index in [1.54, 1.807) is 66.0 Å². The fourth-order valence-electron chi connectivity index (χ4n) is 3.20. The van der Waals surface area contributed by atoms with Crippen LogP contribution in [0.25, 0.3) is 15.9 Å². The minimum Gasteiger partial charge on any atom is -0.325 e. The van der Waals surface area contributed by atoms with Crippen LogP contribution in [0, 0.1) is 0 Å². The van der Waals surface area contributed by atoms with Crippen LogP contribution >= 0.6 is 11.3 Å². The molecule has 0 unspecified atom stereocenters. The van der Waals surface area contributed by atoms with Crippen molar-refractivity contribution in [1.29, 1.82) is 0 Å². The van der Waals surface area contributed by atoms with Crippen LogP contribution in [0.3, 0.4) is 0 Å². The number of rotatable bonds is 5. The van der Waals surface area contributed by atoms with Crippen molar-refractivity contribution in [2.45, 2.75) is 13.5 Å². The summed E-state index contributed by atoms with van der Waals surface area (Å²) in [6, 6.07) is 16.8. The number of amides is 1. The van der Waals surface area contributed by atoms with Gasteiger partial charge in [-0.15, -0.1) is 11.3 Å². The molecule has 0 aliphatic carbocycles. The number of ketones is 1. The van der Waals surface area contributed by atoms with Gasteiger partial charge in [0.1, 0.15) is 11.2 Å². The number of anilines is 1. The summed E-state index contributed by atoms with van der Waals surface area (Å²) >= 11 is 1.22. The highest BCUT2D eigenvalue weighted by atomic mass is 32.1. The lowest BCUT2D eigenvalue weighted by Gasteiger charge is -2.12. The molecule has 0 aliphatic heterocycles. The quantitative estimate of drug-likeness (QED) is 0.504. The second-order valence-electron chi connectivity index (χ2n) is 6.66. The number of carbonyl (C=O) groups is 2. The molecule has 0 aliphatic rings. The lowest BCUT2D eigenvalue weighted by Crippen LogP contribution is -2.40. The minimum absolute atomic E-state index is 0.114. The van der Waals surface area contributed by atoms with Gasteiger partial charge in [0.25, 0.3) is 5.56 Å². The third-order valence-electron chi connectivity index (χ3n) is 4.62. The van der Waals surface area contributed by atoms with Crippen LogP contribution in [0.2, 0.25) is 0 Å². The number of para-hydroxylation sites is 1. The summed E-state index contributed by atoms with van der Waals surface area (Å²) in [4.78, 5) is 50.2. The number of nitrogens with zero attached hydrogens (tertiary/aromatic N) is 2. The molecule has 7 nitrogen and oxygen atoms in total. The van der Waals surface area contributed by atoms with E-state index in [0.29, 0.717) is 27.2 Å². The first-order valence-electron chi connectivity index (χ1n) is 9.15. The molecule has 0 saturated heterocycles. The van der Waals surface area contributed by atoms with Gasteiger partial charge >= 0.3 is 5.69 Å². The molecule has 1 amide bonds. The summed E-state index contributed by atoms with van der Waals surface area (Å²) in [5, 5.41) is 4.42. The smallest absolute Gasteiger partial charge is 0.325 e. The standard InChI is InChI=1S/C22H17N3O4S/c1-14(26)15-6-5-7-16(12-15)23-19(27)13-24-18-10-11-30-20(18)21(28)25(22(24)29)17-8-3-2-4-9-17/h2-12H,13H2,1H3,(H,23,27). The molecule has 4 rings (SSSR count). The van der Waals surface area contributed by atoms with Gasteiger partial charge in [0.15, 0.2) is 5.78 Å². The third kappa shape index (κ3) is 3.60. The van der Waals surface area contributed by atoms with Gasteiger partial charge in [0, 0.05) is 11.3 Å². The van der Waals surface area contributed by atoms with Gasteiger partial charge in [-0.2, -0.15) is 0 Å². The molecular weight excluding hydrogens is 402 g/mol. The first-order valence-corrected chi connectivity index (χ1v) is 10.0. The normalized spacial score (nSPS) is 10.8. The monoisotopic (exact) mass is 419 g/mol. The Labute approximate surface area is 174 Å². The minimum atomic E-state index is -0.593. The van der Waals surface area contributed by atoms with E-state index in [4.69, 9.17) is 0 Å². The molecule has 0 bridgehead atoms. The van der Waals surface area contributed by atoms with Crippen LogP contribution in [-0.2, 0) is 11.3 Å². The fraction of sp³-hybridized carbons (Fsp3) is 0.0909. The molecule has 0 radical (unpaired) electrons. The second kappa shape index (κ2) is 7.92. The highest BCUT2D eigenvalue weighted by Gasteiger charge is 2.17. The maximum absolute atomic E-state index is 13.1. The SMILES string of the molecule is CC(=O)c1cccc(NC(=O)Cn2c(=O)n(-c3ccccc3)c(=O)c3sccc32)c1. The predicted molar refractivity (Wildman–Crippen MR) is 117 cm³/mol. The van der Waals surface area contributed by atoms with Crippen molar-refractivity contribution in [1.82, 2.24) is 9.13 Å². The van der Waals surface area contributed by atoms with Crippen molar-refractivity contribution >= 4 is 38.9 Å². The molecule has 2 heterocycles. The summed E-state index contributed by atoms with van der Waals surface area (Å²) in [7, 11) is 0. The van der Waals surface area contributed by atoms with Crippen LogP contribution in [0.5, 0.6) is 0 Å². The number of thiophene rings is 1. The Morgan fingerprint density at radius 3 is 2.50 bits per heavy atom. The molecule has 2 aromatic heterocycles. The predicted octanol–water partition coefficient (Wildman–Crippen LogP) is 3.06. The summed E-state index contributed by atoms with van der Waals surface area (Å²) in [6.07, 6.45) is 0. The Bertz CT molecular complexity index is 1380. The first-order chi connectivity index (χ1) is 14.5. The second-order valence-corrected chi connectivity index (χ2v) is 7.58. The number of hydrogen-bond donors (Lipinski definition) is 1. The van der Waals surface area contributed by atoms with Crippen LogP contribution in [0.1, 0.15) is 17.3 Å². The van der Waals surface area contributed by atoms with Crippen molar-refractivity contribution in [2.75, 3.05) is 5.32 Å². The van der Waals surface area contributed by atoms with E-state index < -0.39 is 17.2 Å². The zero-order chi connectivity index (χ0) is 21.3. The van der Waals surface area contributed by atoms with Crippen molar-refractivity contribution < 1.29 is 9.59 Å². The molecule has 150 valence electrons. The van der Waals surface area contributed by atoms with E-state index in [-0.39, 0.29) is 12.3 Å². The summed E-state index contributed by atoms with van der Waals surface area (Å²) in [6.45, 7) is 1.17. The summed E-state index contributed by atoms with van der Waals surface area (Å²) in [5.74, 6) is -0.555. The molecule has 4 aromatic rings. The maximum Gasteiger partial charge on any atom is 0.336 e. The zero-order valence-corrected chi connectivity index (χ0v) is 16.8. The maximum atomic E-state index is 13.1. The Kier molecular flexibility index (Phi) is 5.16. The number of Topliss-reactive ketones (excluding diaryl/α,β-unsaturated/α-hetero) is 1. The van der Waals surface area contributed by atoms with Crippen LogP contribution < -0.4 is 16.6 Å². The molecule has 0 saturated carbocycles. The van der Waals surface area contributed by atoms with E-state index in [2.05, 4.69) is 5.32 Å². The first kappa shape index (κ1) is 19.5. The van der Waals surface area contributed by atoms with Crippen LogP contribution in [0.4, 0.5) is 5.69 Å². The van der Waals surface area contributed by atoms with Gasteiger partial charge in [0.2, 0.25) is 5.91 Å². The Balaban J connectivity index is 1.74. The average Bonchev–Trinajstić information content (AvgIpc) is 3.22. The molecule has 30 heavy (non-hydrogen) atoms. The van der Waals surface area contributed by atoms with Gasteiger partial charge in [-0.1, -0.05) is 30.3 Å². The van der Waals surface area contributed by atoms with E-state index in [1.807, 2.05) is 0 Å². The molecular formula is C22H17N3O4S. The number of fused-ring (bicyclic) bond motifs is 1. The largest absolute Gasteiger partial charge is 0.336 e. The van der Waals surface area contributed by atoms with E-state index in [9.17, 15) is 19.2 Å². The average molecular weight is 419 g/mol. The van der Waals surface area contributed by atoms with Gasteiger partial charge in [-0.3, -0.25) is 19.0 Å². The Morgan fingerprint density at radius 1 is 1.00 bits per heavy atom. The fourth-order valence-corrected chi connectivity index (χ4v) is 4.03. The number of nitrogens with one attached hydrogen (secondary N) is 1. The number of hydrogen-bond acceptors (Lipinski definition) is 5. The van der Waals surface area contributed by atoms with E-state index in [0.717, 1.165) is 4.57 Å². The van der Waals surface area contributed by atoms with Gasteiger partial charge in [0.05, 0.1) is 11.2 Å². The third-order valence-corrected chi connectivity index (χ3v) is 5.52. The zero-order valence-electron chi connectivity index (χ0n) is 16.0. The van der Waals surface area contributed by atoms with Gasteiger partial charge in [-0.25, -0.2) is 9.36 Å². The molecule has 8 heteroatoms. The lowest BCUT2D eigenvalue weighted by molar-refractivity contribution is -0.116. The molecule has 2 aromatic carbocycles. The van der Waals surface area contributed by atoms with E-state index in [1.165, 1.54) is 22.8 Å². The van der Waals surface area contributed by atoms with Crippen molar-refractivity contribution in [3.63, 3.8) is 0 Å². The van der Waals surface area contributed by atoms with Crippen molar-refractivity contribution in [3.05, 3.63) is 92.4 Å². The van der Waals surface area contributed by atoms with Crippen molar-refractivity contribution in [2.24, 2.45) is 0 Å². The molecule has 0 spiro atoms. The van der Waals surface area contributed by atoms with E-state index >= 15 is 0 Å². The summed E-state index contributed by atoms with van der Waals surface area (Å²) in [5.41, 5.74) is 0.772. The Morgan fingerprint density at radius 2 is 1.77 bits per heavy atom. The molecule has 0 fully saturated rings. The van der Waals surface area contributed by atoms with Crippen LogP contribution in [0.15, 0.2) is 75.6 Å². The Hall–Kier alpha value is -3.78. The van der Waals surface area contributed by atoms with Gasteiger partial charge in [-0.05, 0) is 42.6 Å². The lowest BCUT2D eigenvalue weighted by atomic mass is 10.1. The topological polar surface area (TPSA) is 90.2 Å². The molecule has 0 atom stereocenters. The number of aromatic nitrogens is 2. The van der Waals surface area contributed by atoms with Gasteiger partial charge < -0.3 is 5.32 Å².